The molecule has 2 aromatic carbocycles. The highest BCUT2D eigenvalue weighted by atomic mass is 35.5. The monoisotopic (exact) mass is 465 g/mol. The van der Waals surface area contributed by atoms with Crippen molar-refractivity contribution in [2.45, 2.75) is 19.4 Å². The number of methoxy groups -OCH3 is 2. The maximum Gasteiger partial charge on any atom is 0.295 e. The van der Waals surface area contributed by atoms with Gasteiger partial charge in [0.1, 0.15) is 5.76 Å². The van der Waals surface area contributed by atoms with E-state index in [1.807, 2.05) is 6.92 Å². The highest BCUT2D eigenvalue weighted by Crippen LogP contribution is 2.43. The van der Waals surface area contributed by atoms with Crippen LogP contribution in [0.1, 0.15) is 30.5 Å². The predicted octanol–water partition coefficient (Wildman–Crippen LogP) is 4.55. The quantitative estimate of drug-likeness (QED) is 0.369. The van der Waals surface area contributed by atoms with Crippen LogP contribution in [0.15, 0.2) is 35.9 Å². The number of amides is 1. The third-order valence-corrected chi connectivity index (χ3v) is 5.56. The number of halogens is 2. The number of ether oxygens (including phenoxy) is 2. The van der Waals surface area contributed by atoms with Gasteiger partial charge in [-0.1, -0.05) is 36.2 Å². The van der Waals surface area contributed by atoms with E-state index in [2.05, 4.69) is 0 Å². The summed E-state index contributed by atoms with van der Waals surface area (Å²) in [5, 5.41) is 21.5. The van der Waals surface area contributed by atoms with Gasteiger partial charge in [0.15, 0.2) is 17.2 Å². The maximum atomic E-state index is 12.9. The average molecular weight is 466 g/mol. The second-order valence-corrected chi connectivity index (χ2v) is 7.71. The lowest BCUT2D eigenvalue weighted by Gasteiger charge is -2.25. The maximum absolute atomic E-state index is 12.9. The molecule has 1 heterocycles. The first-order valence-electron chi connectivity index (χ1n) is 9.43. The molecule has 0 saturated carbocycles. The van der Waals surface area contributed by atoms with Crippen LogP contribution in [0.4, 0.5) is 0 Å². The van der Waals surface area contributed by atoms with E-state index in [9.17, 15) is 19.8 Å². The number of Topliss-reactive ketones (excluding diaryl/α,β-unsaturated/α-hetero) is 1. The molecule has 164 valence electrons. The SMILES string of the molecule is CCCN1C(=O)C(=O)/C(=C(/O)c2cc(Cl)c(OC)c(Cl)c2)C1c1ccc(OC)c(O)c1. The summed E-state index contributed by atoms with van der Waals surface area (Å²) in [7, 11) is 2.81. The molecule has 9 heteroatoms. The topological polar surface area (TPSA) is 96.3 Å². The highest BCUT2D eigenvalue weighted by molar-refractivity contribution is 6.46. The van der Waals surface area contributed by atoms with E-state index < -0.39 is 23.5 Å². The minimum atomic E-state index is -0.906. The first-order valence-corrected chi connectivity index (χ1v) is 10.2. The molecule has 7 nitrogen and oxygen atoms in total. The molecule has 1 saturated heterocycles. The Morgan fingerprint density at radius 2 is 1.74 bits per heavy atom. The summed E-state index contributed by atoms with van der Waals surface area (Å²) in [5.41, 5.74) is 0.478. The van der Waals surface area contributed by atoms with E-state index in [0.717, 1.165) is 0 Å². The minimum Gasteiger partial charge on any atom is -0.507 e. The Bertz CT molecular complexity index is 1060. The normalized spacial score (nSPS) is 17.8. The smallest absolute Gasteiger partial charge is 0.295 e. The van der Waals surface area contributed by atoms with Crippen molar-refractivity contribution < 1.29 is 29.3 Å². The third kappa shape index (κ3) is 4.03. The number of aromatic hydroxyl groups is 1. The molecule has 1 unspecified atom stereocenters. The number of carbonyl (C=O) groups excluding carboxylic acids is 2. The molecular formula is C22H21Cl2NO6. The third-order valence-electron chi connectivity index (χ3n) is 5.00. The van der Waals surface area contributed by atoms with Crippen LogP contribution in [-0.4, -0.2) is 47.6 Å². The Morgan fingerprint density at radius 3 is 2.26 bits per heavy atom. The molecule has 1 amide bonds. The van der Waals surface area contributed by atoms with Gasteiger partial charge in [-0.2, -0.15) is 0 Å². The fourth-order valence-corrected chi connectivity index (χ4v) is 4.26. The number of phenols is 1. The van der Waals surface area contributed by atoms with Crippen molar-refractivity contribution in [3.05, 3.63) is 57.1 Å². The number of phenolic OH excluding ortho intramolecular Hbond substituents is 1. The molecular weight excluding hydrogens is 445 g/mol. The molecule has 0 aromatic heterocycles. The van der Waals surface area contributed by atoms with E-state index in [4.69, 9.17) is 32.7 Å². The minimum absolute atomic E-state index is 0.125. The molecule has 1 aliphatic rings. The fourth-order valence-electron chi connectivity index (χ4n) is 3.62. The van der Waals surface area contributed by atoms with Gasteiger partial charge in [0.2, 0.25) is 0 Å². The number of carbonyl (C=O) groups is 2. The Labute approximate surface area is 189 Å². The molecule has 0 spiro atoms. The average Bonchev–Trinajstić information content (AvgIpc) is 2.98. The number of hydrogen-bond donors (Lipinski definition) is 2. The van der Waals surface area contributed by atoms with Crippen LogP contribution in [0.25, 0.3) is 5.76 Å². The van der Waals surface area contributed by atoms with Gasteiger partial charge >= 0.3 is 0 Å². The van der Waals surface area contributed by atoms with Crippen molar-refractivity contribution in [3.8, 4) is 17.2 Å². The van der Waals surface area contributed by atoms with E-state index >= 15 is 0 Å². The number of rotatable bonds is 6. The summed E-state index contributed by atoms with van der Waals surface area (Å²) in [6.07, 6.45) is 0.589. The van der Waals surface area contributed by atoms with Crippen molar-refractivity contribution in [3.63, 3.8) is 0 Å². The van der Waals surface area contributed by atoms with Gasteiger partial charge in [0.25, 0.3) is 11.7 Å². The van der Waals surface area contributed by atoms with Crippen molar-refractivity contribution in [2.75, 3.05) is 20.8 Å². The van der Waals surface area contributed by atoms with E-state index in [1.165, 1.54) is 43.4 Å². The van der Waals surface area contributed by atoms with E-state index in [0.29, 0.717) is 12.0 Å². The lowest BCUT2D eigenvalue weighted by atomic mass is 9.95. The summed E-state index contributed by atoms with van der Waals surface area (Å²) in [5.74, 6) is -1.70. The number of ketones is 1. The van der Waals surface area contributed by atoms with Crippen LogP contribution in [0.5, 0.6) is 17.2 Å². The first kappa shape index (κ1) is 22.8. The predicted molar refractivity (Wildman–Crippen MR) is 117 cm³/mol. The number of nitrogens with zero attached hydrogens (tertiary/aromatic N) is 1. The molecule has 1 fully saturated rings. The Balaban J connectivity index is 2.23. The zero-order valence-corrected chi connectivity index (χ0v) is 18.6. The molecule has 1 aliphatic heterocycles. The zero-order valence-electron chi connectivity index (χ0n) is 17.1. The summed E-state index contributed by atoms with van der Waals surface area (Å²) in [4.78, 5) is 27.0. The van der Waals surface area contributed by atoms with Gasteiger partial charge in [-0.05, 0) is 36.2 Å². The van der Waals surface area contributed by atoms with Crippen LogP contribution in [-0.2, 0) is 9.59 Å². The van der Waals surface area contributed by atoms with E-state index in [1.54, 1.807) is 6.07 Å². The summed E-state index contributed by atoms with van der Waals surface area (Å²) in [6.45, 7) is 2.15. The van der Waals surface area contributed by atoms with Crippen LogP contribution in [0, 0.1) is 0 Å². The zero-order chi connectivity index (χ0) is 22.9. The van der Waals surface area contributed by atoms with Crippen LogP contribution in [0.2, 0.25) is 10.0 Å². The molecule has 3 rings (SSSR count). The molecule has 0 radical (unpaired) electrons. The van der Waals surface area contributed by atoms with Crippen LogP contribution >= 0.6 is 23.2 Å². The molecule has 1 atom stereocenters. The second kappa shape index (κ2) is 9.08. The van der Waals surface area contributed by atoms with Crippen molar-refractivity contribution in [1.29, 1.82) is 0 Å². The molecule has 2 N–H and O–H groups in total. The largest absolute Gasteiger partial charge is 0.507 e. The molecule has 0 aliphatic carbocycles. The number of hydrogen-bond acceptors (Lipinski definition) is 6. The first-order chi connectivity index (χ1) is 14.7. The van der Waals surface area contributed by atoms with Gasteiger partial charge < -0.3 is 24.6 Å². The van der Waals surface area contributed by atoms with Gasteiger partial charge in [-0.25, -0.2) is 0 Å². The highest BCUT2D eigenvalue weighted by Gasteiger charge is 2.46. The number of benzene rings is 2. The number of likely N-dealkylation sites (tertiary alicyclic amines) is 1. The van der Waals surface area contributed by atoms with Crippen LogP contribution in [0.3, 0.4) is 0 Å². The van der Waals surface area contributed by atoms with Gasteiger partial charge in [-0.15, -0.1) is 0 Å². The lowest BCUT2D eigenvalue weighted by Crippen LogP contribution is -2.30. The standard InChI is InChI=1S/C22H21Cl2NO6/c1-4-7-25-18(11-5-6-16(30-2)15(26)10-11)17(20(28)22(25)29)19(27)12-8-13(23)21(31-3)14(24)9-12/h5-6,8-10,18,26-27H,4,7H2,1-3H3/b19-17+. The second-order valence-electron chi connectivity index (χ2n) is 6.90. The summed E-state index contributed by atoms with van der Waals surface area (Å²) < 4.78 is 10.2. The van der Waals surface area contributed by atoms with Crippen molar-refractivity contribution >= 4 is 40.7 Å². The van der Waals surface area contributed by atoms with Gasteiger partial charge in [-0.3, -0.25) is 9.59 Å². The fraction of sp³-hybridized carbons (Fsp3) is 0.273. The Kier molecular flexibility index (Phi) is 6.67. The van der Waals surface area contributed by atoms with E-state index in [-0.39, 0.29) is 45.0 Å². The molecule has 0 bridgehead atoms. The van der Waals surface area contributed by atoms with Crippen molar-refractivity contribution in [1.82, 2.24) is 4.90 Å². The summed E-state index contributed by atoms with van der Waals surface area (Å²) in [6, 6.07) is 6.45. The number of aliphatic hydroxyl groups excluding tert-OH is 1. The Hall–Kier alpha value is -2.90. The number of aliphatic hydroxyl groups is 1. The lowest BCUT2D eigenvalue weighted by molar-refractivity contribution is -0.139. The molecule has 31 heavy (non-hydrogen) atoms. The summed E-state index contributed by atoms with van der Waals surface area (Å²) >= 11 is 12.4. The van der Waals surface area contributed by atoms with Crippen molar-refractivity contribution in [2.24, 2.45) is 0 Å². The van der Waals surface area contributed by atoms with Gasteiger partial charge in [0.05, 0.1) is 35.9 Å². The Morgan fingerprint density at radius 1 is 1.10 bits per heavy atom. The van der Waals surface area contributed by atoms with Crippen LogP contribution < -0.4 is 9.47 Å². The van der Waals surface area contributed by atoms with Gasteiger partial charge in [0, 0.05) is 12.1 Å². The molecule has 2 aromatic rings.